The first-order valence-electron chi connectivity index (χ1n) is 5.08. The molecule has 0 bridgehead atoms. The average Bonchev–Trinajstić information content (AvgIpc) is 2.15. The van der Waals surface area contributed by atoms with E-state index < -0.39 is 17.6 Å². The van der Waals surface area contributed by atoms with Crippen molar-refractivity contribution in [2.75, 3.05) is 0 Å². The average molecular weight is 194 g/mol. The topological polar surface area (TPSA) is 40.5 Å². The van der Waals surface area contributed by atoms with Gasteiger partial charge >= 0.3 is 0 Å². The van der Waals surface area contributed by atoms with Crippen molar-refractivity contribution >= 4 is 0 Å². The summed E-state index contributed by atoms with van der Waals surface area (Å²) in [6.45, 7) is 3.66. The predicted molar refractivity (Wildman–Crippen MR) is 56.6 cm³/mol. The van der Waals surface area contributed by atoms with Gasteiger partial charge in [0.15, 0.2) is 0 Å². The van der Waals surface area contributed by atoms with Crippen LogP contribution in [0.5, 0.6) is 0 Å². The molecule has 0 amide bonds. The zero-order valence-corrected chi connectivity index (χ0v) is 8.45. The van der Waals surface area contributed by atoms with Gasteiger partial charge < -0.3 is 10.2 Å². The van der Waals surface area contributed by atoms with Gasteiger partial charge in [0, 0.05) is 11.8 Å². The SMILES string of the molecule is C#CCC1(CC=C)[C@H](O)CCC[C@@H]1O. The van der Waals surface area contributed by atoms with Crippen LogP contribution in [0.15, 0.2) is 12.7 Å². The Morgan fingerprint density at radius 3 is 2.43 bits per heavy atom. The van der Waals surface area contributed by atoms with E-state index in [1.54, 1.807) is 6.08 Å². The highest BCUT2D eigenvalue weighted by atomic mass is 16.3. The summed E-state index contributed by atoms with van der Waals surface area (Å²) in [5.41, 5.74) is -0.547. The van der Waals surface area contributed by atoms with Crippen molar-refractivity contribution in [1.82, 2.24) is 0 Å². The molecule has 0 spiro atoms. The van der Waals surface area contributed by atoms with Gasteiger partial charge in [0.2, 0.25) is 0 Å². The quantitative estimate of drug-likeness (QED) is 0.527. The fourth-order valence-electron chi connectivity index (χ4n) is 2.34. The van der Waals surface area contributed by atoms with Crippen molar-refractivity contribution in [3.8, 4) is 12.3 Å². The summed E-state index contributed by atoms with van der Waals surface area (Å²) in [4.78, 5) is 0. The van der Waals surface area contributed by atoms with Gasteiger partial charge in [0.05, 0.1) is 12.2 Å². The number of hydrogen-bond donors (Lipinski definition) is 2. The molecular formula is C12H18O2. The van der Waals surface area contributed by atoms with Crippen LogP contribution in [0.3, 0.4) is 0 Å². The molecule has 1 fully saturated rings. The summed E-state index contributed by atoms with van der Waals surface area (Å²) in [6, 6.07) is 0. The van der Waals surface area contributed by atoms with Crippen molar-refractivity contribution in [2.24, 2.45) is 5.41 Å². The second-order valence-corrected chi connectivity index (χ2v) is 4.07. The standard InChI is InChI=1S/C12H18O2/c1-3-8-12(9-4-2)10(13)6-5-7-11(12)14/h1,4,10-11,13-14H,2,5-9H2/t10-,11+,12?. The Morgan fingerprint density at radius 1 is 1.43 bits per heavy atom. The highest BCUT2D eigenvalue weighted by Crippen LogP contribution is 2.42. The van der Waals surface area contributed by atoms with Gasteiger partial charge in [-0.2, -0.15) is 0 Å². The third-order valence-electron chi connectivity index (χ3n) is 3.24. The molecule has 0 aromatic heterocycles. The van der Waals surface area contributed by atoms with Crippen LogP contribution in [0.1, 0.15) is 32.1 Å². The van der Waals surface area contributed by atoms with Crippen molar-refractivity contribution in [3.63, 3.8) is 0 Å². The molecule has 2 nitrogen and oxygen atoms in total. The summed E-state index contributed by atoms with van der Waals surface area (Å²) in [5.74, 6) is 2.56. The van der Waals surface area contributed by atoms with Crippen LogP contribution in [0.2, 0.25) is 0 Å². The number of aliphatic hydroxyl groups is 2. The van der Waals surface area contributed by atoms with E-state index >= 15 is 0 Å². The van der Waals surface area contributed by atoms with E-state index in [4.69, 9.17) is 6.42 Å². The molecule has 0 radical (unpaired) electrons. The van der Waals surface area contributed by atoms with Crippen molar-refractivity contribution in [3.05, 3.63) is 12.7 Å². The van der Waals surface area contributed by atoms with Gasteiger partial charge in [0.25, 0.3) is 0 Å². The molecule has 1 aliphatic rings. The monoisotopic (exact) mass is 194 g/mol. The second-order valence-electron chi connectivity index (χ2n) is 4.07. The predicted octanol–water partition coefficient (Wildman–Crippen LogP) is 1.48. The Bertz CT molecular complexity index is 229. The first-order chi connectivity index (χ1) is 6.67. The largest absolute Gasteiger partial charge is 0.392 e. The molecule has 0 saturated heterocycles. The van der Waals surface area contributed by atoms with E-state index in [-0.39, 0.29) is 0 Å². The summed E-state index contributed by atoms with van der Waals surface area (Å²) in [6.07, 6.45) is 9.35. The molecule has 0 aliphatic heterocycles. The van der Waals surface area contributed by atoms with Gasteiger partial charge in [-0.25, -0.2) is 0 Å². The molecule has 2 N–H and O–H groups in total. The van der Waals surface area contributed by atoms with Gasteiger partial charge in [-0.1, -0.05) is 6.08 Å². The van der Waals surface area contributed by atoms with Crippen LogP contribution in [0, 0.1) is 17.8 Å². The number of rotatable bonds is 3. The van der Waals surface area contributed by atoms with Gasteiger partial charge in [-0.05, 0) is 25.7 Å². The Kier molecular flexibility index (Phi) is 3.74. The lowest BCUT2D eigenvalue weighted by Gasteiger charge is -2.43. The maximum atomic E-state index is 9.95. The molecule has 1 aliphatic carbocycles. The smallest absolute Gasteiger partial charge is 0.0633 e. The van der Waals surface area contributed by atoms with Gasteiger partial charge in [-0.3, -0.25) is 0 Å². The molecule has 0 aromatic carbocycles. The first kappa shape index (κ1) is 11.3. The highest BCUT2D eigenvalue weighted by molar-refractivity contribution is 5.06. The van der Waals surface area contributed by atoms with Crippen LogP contribution in [0.25, 0.3) is 0 Å². The van der Waals surface area contributed by atoms with Gasteiger partial charge in [0.1, 0.15) is 0 Å². The Labute approximate surface area is 85.6 Å². The number of allylic oxidation sites excluding steroid dienone is 1. The molecule has 0 heterocycles. The molecular weight excluding hydrogens is 176 g/mol. The van der Waals surface area contributed by atoms with E-state index in [0.717, 1.165) is 19.3 Å². The van der Waals surface area contributed by atoms with Crippen molar-refractivity contribution < 1.29 is 10.2 Å². The molecule has 2 heteroatoms. The summed E-state index contributed by atoms with van der Waals surface area (Å²) in [5, 5.41) is 19.9. The highest BCUT2D eigenvalue weighted by Gasteiger charge is 2.44. The zero-order chi connectivity index (χ0) is 10.6. The Morgan fingerprint density at radius 2 is 2.00 bits per heavy atom. The number of hydrogen-bond acceptors (Lipinski definition) is 2. The first-order valence-corrected chi connectivity index (χ1v) is 5.08. The van der Waals surface area contributed by atoms with Crippen LogP contribution in [0.4, 0.5) is 0 Å². The molecule has 0 aromatic rings. The zero-order valence-electron chi connectivity index (χ0n) is 8.45. The minimum absolute atomic E-state index is 0.418. The van der Waals surface area contributed by atoms with Crippen LogP contribution < -0.4 is 0 Å². The van der Waals surface area contributed by atoms with E-state index in [2.05, 4.69) is 12.5 Å². The lowest BCUT2D eigenvalue weighted by Crippen LogP contribution is -2.47. The fraction of sp³-hybridized carbons (Fsp3) is 0.667. The molecule has 1 saturated carbocycles. The minimum Gasteiger partial charge on any atom is -0.392 e. The van der Waals surface area contributed by atoms with Gasteiger partial charge in [-0.15, -0.1) is 18.9 Å². The molecule has 1 unspecified atom stereocenters. The third kappa shape index (κ3) is 1.84. The summed E-state index contributed by atoms with van der Waals surface area (Å²) >= 11 is 0. The Balaban J connectivity index is 2.89. The summed E-state index contributed by atoms with van der Waals surface area (Å²) < 4.78 is 0. The van der Waals surface area contributed by atoms with Crippen LogP contribution >= 0.6 is 0 Å². The van der Waals surface area contributed by atoms with Crippen molar-refractivity contribution in [1.29, 1.82) is 0 Å². The molecule has 14 heavy (non-hydrogen) atoms. The number of aliphatic hydroxyl groups excluding tert-OH is 2. The molecule has 3 atom stereocenters. The van der Waals surface area contributed by atoms with Crippen LogP contribution in [-0.4, -0.2) is 22.4 Å². The fourth-order valence-corrected chi connectivity index (χ4v) is 2.34. The Hall–Kier alpha value is -0.780. The third-order valence-corrected chi connectivity index (χ3v) is 3.24. The maximum Gasteiger partial charge on any atom is 0.0633 e. The second kappa shape index (κ2) is 4.63. The maximum absolute atomic E-state index is 9.95. The lowest BCUT2D eigenvalue weighted by molar-refractivity contribution is -0.0960. The molecule has 78 valence electrons. The van der Waals surface area contributed by atoms with E-state index in [1.165, 1.54) is 0 Å². The van der Waals surface area contributed by atoms with Crippen LogP contribution in [-0.2, 0) is 0 Å². The number of terminal acetylenes is 1. The van der Waals surface area contributed by atoms with E-state index in [9.17, 15) is 10.2 Å². The molecule has 1 rings (SSSR count). The summed E-state index contributed by atoms with van der Waals surface area (Å²) in [7, 11) is 0. The minimum atomic E-state index is -0.547. The van der Waals surface area contributed by atoms with E-state index in [0.29, 0.717) is 12.8 Å². The lowest BCUT2D eigenvalue weighted by atomic mass is 9.66. The van der Waals surface area contributed by atoms with E-state index in [1.807, 2.05) is 0 Å². The normalized spacial score (nSPS) is 37.5. The van der Waals surface area contributed by atoms with Crippen molar-refractivity contribution in [2.45, 2.75) is 44.3 Å².